The molecule has 5 nitrogen and oxygen atoms in total. The van der Waals surface area contributed by atoms with Crippen molar-refractivity contribution in [3.05, 3.63) is 41.0 Å². The van der Waals surface area contributed by atoms with Crippen LogP contribution in [0.15, 0.2) is 30.5 Å². The van der Waals surface area contributed by atoms with Crippen molar-refractivity contribution in [1.82, 2.24) is 9.88 Å². The number of halogens is 1. The number of carbonyl (C=O) groups is 1. The number of hydrogen-bond donors (Lipinski definition) is 1. The quantitative estimate of drug-likeness (QED) is 0.902. The summed E-state index contributed by atoms with van der Waals surface area (Å²) in [6, 6.07) is 7.08. The molecule has 0 fully saturated rings. The largest absolute Gasteiger partial charge is 0.504 e. The highest BCUT2D eigenvalue weighted by Crippen LogP contribution is 2.37. The van der Waals surface area contributed by atoms with Crippen LogP contribution < -0.4 is 4.74 Å². The maximum atomic E-state index is 12.5. The second-order valence-electron chi connectivity index (χ2n) is 6.26. The summed E-state index contributed by atoms with van der Waals surface area (Å²) in [6.45, 7) is 5.21. The topological polar surface area (TPSA) is 62.7 Å². The summed E-state index contributed by atoms with van der Waals surface area (Å²) in [7, 11) is 0. The van der Waals surface area contributed by atoms with Gasteiger partial charge in [0, 0.05) is 29.8 Å². The Morgan fingerprint density at radius 1 is 1.44 bits per heavy atom. The summed E-state index contributed by atoms with van der Waals surface area (Å²) in [5.74, 6) is 0.573. The molecule has 1 N–H and O–H groups in total. The van der Waals surface area contributed by atoms with E-state index in [4.69, 9.17) is 16.3 Å². The van der Waals surface area contributed by atoms with Gasteiger partial charge in [-0.2, -0.15) is 0 Å². The molecular formula is C19H21ClN2O3. The Hall–Kier alpha value is -2.27. The molecule has 2 heterocycles. The number of rotatable bonds is 3. The smallest absolute Gasteiger partial charge is 0.225 e. The lowest BCUT2D eigenvalue weighted by molar-refractivity contribution is -0.135. The first-order valence-electron chi connectivity index (χ1n) is 8.39. The van der Waals surface area contributed by atoms with Crippen LogP contribution in [0, 0.1) is 5.92 Å². The van der Waals surface area contributed by atoms with E-state index in [1.54, 1.807) is 29.3 Å². The van der Waals surface area contributed by atoms with Gasteiger partial charge in [-0.05, 0) is 30.7 Å². The predicted molar refractivity (Wildman–Crippen MR) is 96.7 cm³/mol. The highest BCUT2D eigenvalue weighted by Gasteiger charge is 2.25. The number of amides is 1. The molecule has 25 heavy (non-hydrogen) atoms. The van der Waals surface area contributed by atoms with Crippen molar-refractivity contribution in [2.24, 2.45) is 5.92 Å². The molecular weight excluding hydrogens is 340 g/mol. The molecule has 1 aromatic carbocycles. The minimum absolute atomic E-state index is 0.0312. The molecule has 0 spiro atoms. The van der Waals surface area contributed by atoms with Gasteiger partial charge in [0.05, 0.1) is 17.3 Å². The van der Waals surface area contributed by atoms with Crippen LogP contribution in [0.1, 0.15) is 25.8 Å². The normalized spacial score (nSPS) is 15.1. The summed E-state index contributed by atoms with van der Waals surface area (Å²) < 4.78 is 5.70. The molecule has 3 rings (SSSR count). The van der Waals surface area contributed by atoms with Gasteiger partial charge in [0.2, 0.25) is 5.91 Å². The van der Waals surface area contributed by atoms with Crippen molar-refractivity contribution in [3.63, 3.8) is 0 Å². The van der Waals surface area contributed by atoms with Crippen molar-refractivity contribution >= 4 is 17.5 Å². The van der Waals surface area contributed by atoms with Gasteiger partial charge in [-0.1, -0.05) is 25.4 Å². The van der Waals surface area contributed by atoms with E-state index >= 15 is 0 Å². The fraction of sp³-hybridized carbons (Fsp3) is 0.368. The third-order valence-electron chi connectivity index (χ3n) is 4.48. The molecule has 2 aromatic rings. The second-order valence-corrected chi connectivity index (χ2v) is 6.70. The average Bonchev–Trinajstić information content (AvgIpc) is 2.83. The molecule has 0 radical (unpaired) electrons. The third-order valence-corrected chi connectivity index (χ3v) is 4.71. The molecule has 1 amide bonds. The third kappa shape index (κ3) is 3.71. The molecule has 132 valence electrons. The Morgan fingerprint density at radius 2 is 2.24 bits per heavy atom. The molecule has 0 saturated carbocycles. The minimum Gasteiger partial charge on any atom is -0.504 e. The van der Waals surface area contributed by atoms with Crippen molar-refractivity contribution in [1.29, 1.82) is 0 Å². The molecule has 0 unspecified atom stereocenters. The van der Waals surface area contributed by atoms with Gasteiger partial charge in [0.25, 0.3) is 0 Å². The molecule has 6 heteroatoms. The number of phenolic OH excluding ortho intramolecular Hbond substituents is 1. The maximum Gasteiger partial charge on any atom is 0.225 e. The Kier molecular flexibility index (Phi) is 5.13. The first-order valence-corrected chi connectivity index (χ1v) is 8.76. The minimum atomic E-state index is -0.0312. The van der Waals surface area contributed by atoms with Crippen LogP contribution >= 0.6 is 11.6 Å². The van der Waals surface area contributed by atoms with E-state index in [1.165, 1.54) is 0 Å². The summed E-state index contributed by atoms with van der Waals surface area (Å²) >= 11 is 5.89. The van der Waals surface area contributed by atoms with E-state index in [1.807, 2.05) is 19.9 Å². The maximum absolute atomic E-state index is 12.5. The first-order chi connectivity index (χ1) is 12.0. The lowest BCUT2D eigenvalue weighted by atomic mass is 10.0. The fourth-order valence-electron chi connectivity index (χ4n) is 2.87. The van der Waals surface area contributed by atoms with Crippen LogP contribution in [0.3, 0.4) is 0 Å². The number of aromatic nitrogens is 1. The van der Waals surface area contributed by atoms with Crippen LogP contribution in [0.4, 0.5) is 0 Å². The van der Waals surface area contributed by atoms with Crippen molar-refractivity contribution in [3.8, 4) is 22.8 Å². The zero-order chi connectivity index (χ0) is 18.0. The van der Waals surface area contributed by atoms with Gasteiger partial charge in [0.1, 0.15) is 6.61 Å². The summed E-state index contributed by atoms with van der Waals surface area (Å²) in [4.78, 5) is 18.6. The van der Waals surface area contributed by atoms with E-state index in [0.717, 1.165) is 17.5 Å². The SMILES string of the molecule is CC[C@H](C)C(=O)N1CCOc2c(O)cc(-c3ccc(Cl)cn3)cc2C1. The van der Waals surface area contributed by atoms with E-state index in [0.29, 0.717) is 36.2 Å². The molecule has 1 aliphatic rings. The van der Waals surface area contributed by atoms with Crippen LogP contribution in [0.25, 0.3) is 11.3 Å². The van der Waals surface area contributed by atoms with Crippen LogP contribution in [0.2, 0.25) is 5.02 Å². The number of aromatic hydroxyl groups is 1. The van der Waals surface area contributed by atoms with E-state index in [-0.39, 0.29) is 17.6 Å². The predicted octanol–water partition coefficient (Wildman–Crippen LogP) is 3.87. The number of ether oxygens (including phenoxy) is 1. The monoisotopic (exact) mass is 360 g/mol. The average molecular weight is 361 g/mol. The van der Waals surface area contributed by atoms with E-state index in [2.05, 4.69) is 4.98 Å². The highest BCUT2D eigenvalue weighted by molar-refractivity contribution is 6.30. The molecule has 1 aromatic heterocycles. The highest BCUT2D eigenvalue weighted by atomic mass is 35.5. The number of phenols is 1. The standard InChI is InChI=1S/C19H21ClN2O3/c1-3-12(2)19(24)22-6-7-25-18-14(11-22)8-13(9-17(18)23)16-5-4-15(20)10-21-16/h4-5,8-10,12,23H,3,6-7,11H2,1-2H3/t12-/m0/s1. The molecule has 0 bridgehead atoms. The van der Waals surface area contributed by atoms with Crippen molar-refractivity contribution in [2.45, 2.75) is 26.8 Å². The number of benzene rings is 1. The van der Waals surface area contributed by atoms with Crippen LogP contribution in [-0.4, -0.2) is 34.0 Å². The first kappa shape index (κ1) is 17.5. The molecule has 0 aliphatic carbocycles. The van der Waals surface area contributed by atoms with Gasteiger partial charge >= 0.3 is 0 Å². The lowest BCUT2D eigenvalue weighted by Crippen LogP contribution is -2.36. The zero-order valence-corrected chi connectivity index (χ0v) is 15.1. The van der Waals surface area contributed by atoms with Gasteiger partial charge in [-0.25, -0.2) is 0 Å². The lowest BCUT2D eigenvalue weighted by Gasteiger charge is -2.23. The Balaban J connectivity index is 1.96. The summed E-state index contributed by atoms with van der Waals surface area (Å²) in [5, 5.41) is 10.9. The van der Waals surface area contributed by atoms with Gasteiger partial charge in [-0.3, -0.25) is 9.78 Å². The van der Waals surface area contributed by atoms with Gasteiger partial charge in [-0.15, -0.1) is 0 Å². The second kappa shape index (κ2) is 7.31. The zero-order valence-electron chi connectivity index (χ0n) is 14.3. The van der Waals surface area contributed by atoms with Gasteiger partial charge in [0.15, 0.2) is 11.5 Å². The Labute approximate surface area is 152 Å². The summed E-state index contributed by atoms with van der Waals surface area (Å²) in [6.07, 6.45) is 2.36. The fourth-order valence-corrected chi connectivity index (χ4v) is 2.98. The number of hydrogen-bond acceptors (Lipinski definition) is 4. The van der Waals surface area contributed by atoms with Gasteiger partial charge < -0.3 is 14.7 Å². The van der Waals surface area contributed by atoms with E-state index < -0.39 is 0 Å². The van der Waals surface area contributed by atoms with Crippen LogP contribution in [0.5, 0.6) is 11.5 Å². The van der Waals surface area contributed by atoms with Crippen LogP contribution in [-0.2, 0) is 11.3 Å². The number of carbonyl (C=O) groups excluding carboxylic acids is 1. The molecule has 1 atom stereocenters. The number of fused-ring (bicyclic) bond motifs is 1. The molecule has 1 aliphatic heterocycles. The number of pyridine rings is 1. The number of nitrogens with zero attached hydrogens (tertiary/aromatic N) is 2. The van der Waals surface area contributed by atoms with E-state index in [9.17, 15) is 9.90 Å². The summed E-state index contributed by atoms with van der Waals surface area (Å²) in [5.41, 5.74) is 2.24. The van der Waals surface area contributed by atoms with Crippen molar-refractivity contribution < 1.29 is 14.6 Å². The molecule has 0 saturated heterocycles. The Bertz CT molecular complexity index is 777. The van der Waals surface area contributed by atoms with Crippen molar-refractivity contribution in [2.75, 3.05) is 13.2 Å². The Morgan fingerprint density at radius 3 is 2.92 bits per heavy atom.